The van der Waals surface area contributed by atoms with E-state index in [1.807, 2.05) is 12.1 Å². The predicted molar refractivity (Wildman–Crippen MR) is 267 cm³/mol. The van der Waals surface area contributed by atoms with Crippen LogP contribution in [0.25, 0.3) is 99.2 Å². The molecular weight excluding hydrogens is 779 g/mol. The minimum atomic E-state index is -0.141. The lowest BCUT2D eigenvalue weighted by molar-refractivity contribution is 0.660. The summed E-state index contributed by atoms with van der Waals surface area (Å²) in [6.45, 7) is 4.70. The molecule has 12 aromatic rings. The van der Waals surface area contributed by atoms with Crippen LogP contribution in [0.3, 0.4) is 0 Å². The summed E-state index contributed by atoms with van der Waals surface area (Å²) in [5.74, 6) is 0. The largest absolute Gasteiger partial charge is 0.455 e. The maximum absolute atomic E-state index is 6.69. The molecule has 10 aromatic carbocycles. The molecule has 0 bridgehead atoms. The molecule has 1 aliphatic rings. The Kier molecular flexibility index (Phi) is 7.95. The molecule has 0 saturated heterocycles. The first kappa shape index (κ1) is 36.5. The Bertz CT molecular complexity index is 3800. The maximum Gasteiger partial charge on any atom is 0.143 e. The molecule has 0 radical (unpaired) electrons. The summed E-state index contributed by atoms with van der Waals surface area (Å²) < 4.78 is 13.2. The molecule has 2 heterocycles. The Balaban J connectivity index is 0.991. The average molecular weight is 820 g/mol. The van der Waals surface area contributed by atoms with Gasteiger partial charge in [-0.3, -0.25) is 0 Å². The third-order valence-corrected chi connectivity index (χ3v) is 13.7. The predicted octanol–water partition coefficient (Wildman–Crippen LogP) is 17.4. The van der Waals surface area contributed by atoms with Gasteiger partial charge in [-0.2, -0.15) is 0 Å². The Morgan fingerprint density at radius 1 is 0.344 bits per heavy atom. The highest BCUT2D eigenvalue weighted by atomic mass is 16.3. The van der Waals surface area contributed by atoms with Gasteiger partial charge in [0.1, 0.15) is 22.3 Å². The summed E-state index contributed by atoms with van der Waals surface area (Å²) in [6.07, 6.45) is 0. The van der Waals surface area contributed by atoms with Gasteiger partial charge in [0, 0.05) is 60.5 Å². The van der Waals surface area contributed by atoms with Crippen molar-refractivity contribution in [3.8, 4) is 44.5 Å². The van der Waals surface area contributed by atoms with E-state index in [0.717, 1.165) is 94.0 Å². The van der Waals surface area contributed by atoms with Gasteiger partial charge in [-0.1, -0.05) is 178 Å². The van der Waals surface area contributed by atoms with Gasteiger partial charge in [-0.25, -0.2) is 0 Å². The Labute approximate surface area is 371 Å². The van der Waals surface area contributed by atoms with Crippen molar-refractivity contribution in [2.45, 2.75) is 19.3 Å². The topological polar surface area (TPSA) is 29.5 Å². The van der Waals surface area contributed by atoms with Crippen LogP contribution >= 0.6 is 0 Å². The monoisotopic (exact) mass is 819 g/mol. The lowest BCUT2D eigenvalue weighted by Gasteiger charge is -2.28. The van der Waals surface area contributed by atoms with Crippen molar-refractivity contribution < 1.29 is 8.83 Å². The zero-order chi connectivity index (χ0) is 42.5. The summed E-state index contributed by atoms with van der Waals surface area (Å²) in [5.41, 5.74) is 18.9. The van der Waals surface area contributed by atoms with Crippen LogP contribution in [-0.2, 0) is 5.41 Å². The zero-order valence-electron chi connectivity index (χ0n) is 35.5. The fourth-order valence-electron chi connectivity index (χ4n) is 10.7. The second-order valence-corrected chi connectivity index (χ2v) is 17.6. The lowest BCUT2D eigenvalue weighted by Crippen LogP contribution is -2.16. The molecule has 0 N–H and O–H groups in total. The van der Waals surface area contributed by atoms with Crippen LogP contribution in [0, 0.1) is 0 Å². The molecule has 0 unspecified atom stereocenters. The van der Waals surface area contributed by atoms with E-state index < -0.39 is 0 Å². The van der Waals surface area contributed by atoms with Gasteiger partial charge >= 0.3 is 0 Å². The molecule has 1 aliphatic carbocycles. The van der Waals surface area contributed by atoms with Crippen molar-refractivity contribution in [2.75, 3.05) is 4.90 Å². The van der Waals surface area contributed by atoms with Crippen molar-refractivity contribution in [3.63, 3.8) is 0 Å². The second kappa shape index (κ2) is 13.9. The normalized spacial score (nSPS) is 13.0. The quantitative estimate of drug-likeness (QED) is 0.167. The minimum absolute atomic E-state index is 0.141. The molecule has 64 heavy (non-hydrogen) atoms. The molecule has 2 aromatic heterocycles. The number of furan rings is 2. The number of para-hydroxylation sites is 3. The molecule has 3 heteroatoms. The van der Waals surface area contributed by atoms with Crippen LogP contribution in [0.2, 0.25) is 0 Å². The SMILES string of the molecule is CC1(C)c2ccccc2-c2ccc(N(c3ccc(-c4c(-c5ccccc5)c5c6ccccc6oc5c5ccccc45)cc3)c3ccc(-c4cccc5c4oc4ccccc45)cc3)cc21. The summed E-state index contributed by atoms with van der Waals surface area (Å²) in [4.78, 5) is 2.40. The molecule has 13 rings (SSSR count). The van der Waals surface area contributed by atoms with Crippen LogP contribution < -0.4 is 4.90 Å². The fraction of sp³-hybridized carbons (Fsp3) is 0.0492. The highest BCUT2D eigenvalue weighted by Gasteiger charge is 2.36. The highest BCUT2D eigenvalue weighted by Crippen LogP contribution is 2.52. The summed E-state index contributed by atoms with van der Waals surface area (Å²) >= 11 is 0. The van der Waals surface area contributed by atoms with Crippen molar-refractivity contribution >= 4 is 71.7 Å². The molecule has 0 fully saturated rings. The highest BCUT2D eigenvalue weighted by molar-refractivity contribution is 6.26. The zero-order valence-corrected chi connectivity index (χ0v) is 35.5. The third-order valence-electron chi connectivity index (χ3n) is 13.7. The van der Waals surface area contributed by atoms with E-state index in [1.165, 1.54) is 33.4 Å². The van der Waals surface area contributed by atoms with Gasteiger partial charge < -0.3 is 13.7 Å². The van der Waals surface area contributed by atoms with Crippen LogP contribution in [0.5, 0.6) is 0 Å². The van der Waals surface area contributed by atoms with E-state index in [1.54, 1.807) is 0 Å². The Hall–Kier alpha value is -8.14. The van der Waals surface area contributed by atoms with Crippen LogP contribution in [-0.4, -0.2) is 0 Å². The van der Waals surface area contributed by atoms with Crippen molar-refractivity contribution in [2.24, 2.45) is 0 Å². The fourth-order valence-corrected chi connectivity index (χ4v) is 10.7. The van der Waals surface area contributed by atoms with Gasteiger partial charge in [-0.15, -0.1) is 0 Å². The third kappa shape index (κ3) is 5.41. The van der Waals surface area contributed by atoms with E-state index in [0.29, 0.717) is 0 Å². The van der Waals surface area contributed by atoms with E-state index >= 15 is 0 Å². The average Bonchev–Trinajstić information content (AvgIpc) is 4.00. The first-order valence-electron chi connectivity index (χ1n) is 22.1. The van der Waals surface area contributed by atoms with Gasteiger partial charge in [0.15, 0.2) is 0 Å². The number of hydrogen-bond donors (Lipinski definition) is 0. The summed E-state index contributed by atoms with van der Waals surface area (Å²) in [6, 6.07) is 76.6. The first-order valence-corrected chi connectivity index (χ1v) is 22.1. The summed E-state index contributed by atoms with van der Waals surface area (Å²) in [5, 5.41) is 6.79. The van der Waals surface area contributed by atoms with E-state index in [2.05, 4.69) is 219 Å². The number of benzene rings is 10. The van der Waals surface area contributed by atoms with E-state index in [-0.39, 0.29) is 5.41 Å². The van der Waals surface area contributed by atoms with Crippen LogP contribution in [0.15, 0.2) is 221 Å². The minimum Gasteiger partial charge on any atom is -0.455 e. The smallest absolute Gasteiger partial charge is 0.143 e. The molecule has 0 spiro atoms. The lowest BCUT2D eigenvalue weighted by atomic mass is 9.82. The van der Waals surface area contributed by atoms with E-state index in [4.69, 9.17) is 8.83 Å². The van der Waals surface area contributed by atoms with Gasteiger partial charge in [0.25, 0.3) is 0 Å². The van der Waals surface area contributed by atoms with Crippen LogP contribution in [0.1, 0.15) is 25.0 Å². The molecule has 0 atom stereocenters. The first-order chi connectivity index (χ1) is 31.5. The molecule has 302 valence electrons. The number of anilines is 3. The standard InChI is InChI=1S/C61H41NO2/c1-61(2)52-24-11-8-17-45(52)46-36-35-43(37-53(46)61)62(41-31-27-38(28-32-41)44-22-14-23-49-47-18-9-12-25-54(47)63-59(44)49)42-33-29-40(30-34-42)56-48-19-6-7-20-50(48)60-58(51-21-10-13-26-55(51)64-60)57(56)39-15-4-3-5-16-39/h3-37H,1-2H3. The van der Waals surface area contributed by atoms with Gasteiger partial charge in [0.05, 0.1) is 0 Å². The molecule has 3 nitrogen and oxygen atoms in total. The van der Waals surface area contributed by atoms with Gasteiger partial charge in [0.2, 0.25) is 0 Å². The van der Waals surface area contributed by atoms with E-state index in [9.17, 15) is 0 Å². The molecule has 0 amide bonds. The van der Waals surface area contributed by atoms with Crippen molar-refractivity contribution in [1.29, 1.82) is 0 Å². The number of fused-ring (bicyclic) bond motifs is 11. The second-order valence-electron chi connectivity index (χ2n) is 17.6. The molecular formula is C61H41NO2. The Morgan fingerprint density at radius 3 is 1.62 bits per heavy atom. The Morgan fingerprint density at radius 2 is 0.859 bits per heavy atom. The number of rotatable bonds is 6. The number of nitrogens with zero attached hydrogens (tertiary/aromatic N) is 1. The molecule has 0 saturated carbocycles. The number of hydrogen-bond acceptors (Lipinski definition) is 3. The van der Waals surface area contributed by atoms with Crippen molar-refractivity contribution in [1.82, 2.24) is 0 Å². The maximum atomic E-state index is 6.69. The van der Waals surface area contributed by atoms with Crippen molar-refractivity contribution in [3.05, 3.63) is 223 Å². The summed E-state index contributed by atoms with van der Waals surface area (Å²) in [7, 11) is 0. The van der Waals surface area contributed by atoms with Crippen LogP contribution in [0.4, 0.5) is 17.1 Å². The molecule has 0 aliphatic heterocycles. The van der Waals surface area contributed by atoms with Gasteiger partial charge in [-0.05, 0) is 98.4 Å².